The maximum Gasteiger partial charge on any atom is 0.0527 e. The molecule has 2 nitrogen and oxygen atoms in total. The minimum absolute atomic E-state index is 2.94. The van der Waals surface area contributed by atoms with Crippen molar-refractivity contribution in [2.24, 2.45) is 0 Å². The molecule has 0 aromatic heterocycles. The third-order valence-corrected chi connectivity index (χ3v) is 0. The Hall–Kier alpha value is -0.200. The Morgan fingerprint density at radius 2 is 1.50 bits per heavy atom. The summed E-state index contributed by atoms with van der Waals surface area (Å²) >= 11 is 3.28. The first-order valence-electron chi connectivity index (χ1n) is 0.540. The predicted molar refractivity (Wildman–Crippen MR) is 16.8 cm³/mol. The van der Waals surface area contributed by atoms with Gasteiger partial charge >= 0.3 is 0 Å². The zero-order valence-electron chi connectivity index (χ0n) is 2.10. The number of nitrogens with zero attached hydrogens (tertiary/aromatic N) is 1. The minimum atomic E-state index is 2.94. The highest BCUT2D eigenvalue weighted by Crippen LogP contribution is 0.989. The molecule has 0 saturated heterocycles. The van der Waals surface area contributed by atoms with Crippen molar-refractivity contribution in [3.05, 3.63) is 6.57 Å². The van der Waals surface area contributed by atoms with E-state index in [1.165, 1.54) is 0 Å². The molecule has 0 rings (SSSR count). The summed E-state index contributed by atoms with van der Waals surface area (Å²) in [7, 11) is 0. The SMILES string of the molecule is [C-]#N.[NH3+]S. The lowest BCUT2D eigenvalue weighted by Gasteiger charge is -1.14. The fraction of sp³-hybridized carbons (Fsp3) is 0. The molecule has 0 spiro atoms. The lowest BCUT2D eigenvalue weighted by Crippen LogP contribution is -2.29. The van der Waals surface area contributed by atoms with Crippen molar-refractivity contribution < 1.29 is 5.14 Å². The van der Waals surface area contributed by atoms with Crippen molar-refractivity contribution in [2.45, 2.75) is 0 Å². The van der Waals surface area contributed by atoms with Crippen LogP contribution in [-0.4, -0.2) is 0 Å². The topological polar surface area (TPSA) is 51.4 Å². The molecule has 0 fully saturated rings. The first-order valence-corrected chi connectivity index (χ1v) is 1.17. The summed E-state index contributed by atoms with van der Waals surface area (Å²) in [6.45, 7) is 4.75. The van der Waals surface area contributed by atoms with Crippen molar-refractivity contribution in [1.82, 2.24) is 0 Å². The minimum Gasteiger partial charge on any atom is -0.512 e. The Labute approximate surface area is 30.8 Å². The maximum absolute atomic E-state index is 6.25. The third kappa shape index (κ3) is 28.8. The van der Waals surface area contributed by atoms with Gasteiger partial charge in [-0.1, -0.05) is 0 Å². The van der Waals surface area contributed by atoms with Crippen LogP contribution < -0.4 is 5.14 Å². The van der Waals surface area contributed by atoms with E-state index in [0.717, 1.165) is 0 Å². The molecule has 0 amide bonds. The molecule has 0 unspecified atom stereocenters. The second kappa shape index (κ2) is 227. The molecule has 0 aromatic rings. The number of hydrogen-bond donors (Lipinski definition) is 2. The van der Waals surface area contributed by atoms with Gasteiger partial charge in [0.2, 0.25) is 0 Å². The van der Waals surface area contributed by atoms with E-state index in [2.05, 4.69) is 18.0 Å². The second-order valence-corrected chi connectivity index (χ2v) is 0. The standard InChI is InChI=1S/CN.H3NS/c2*1-2/h;2H,1H2/q-1;/p+1. The molecule has 0 aliphatic rings. The Kier molecular flexibility index (Phi) is 521. The summed E-state index contributed by atoms with van der Waals surface area (Å²) in [5.74, 6) is 0. The average molecular weight is 76.1 g/mol. The zero-order chi connectivity index (χ0) is 4.00. The van der Waals surface area contributed by atoms with Crippen LogP contribution in [0.2, 0.25) is 0 Å². The van der Waals surface area contributed by atoms with Crippen molar-refractivity contribution in [3.63, 3.8) is 0 Å². The normalized spacial score (nSPS) is 2.00. The van der Waals surface area contributed by atoms with Crippen LogP contribution in [0.4, 0.5) is 0 Å². The fourth-order valence-electron chi connectivity index (χ4n) is 0. The second-order valence-electron chi connectivity index (χ2n) is 0. The van der Waals surface area contributed by atoms with Crippen LogP contribution >= 0.6 is 12.8 Å². The molecule has 4 heavy (non-hydrogen) atoms. The number of hydrogen-bond acceptors (Lipinski definition) is 2. The Bertz CT molecular complexity index is 10.8. The quantitative estimate of drug-likeness (QED) is 0.287. The number of rotatable bonds is 0. The monoisotopic (exact) mass is 76.0 g/mol. The van der Waals surface area contributed by atoms with E-state index in [1.807, 2.05) is 0 Å². The number of quaternary nitrogens is 1. The smallest absolute Gasteiger partial charge is 0.0527 e. The van der Waals surface area contributed by atoms with Crippen molar-refractivity contribution in [1.29, 1.82) is 5.26 Å². The van der Waals surface area contributed by atoms with Gasteiger partial charge in [0.1, 0.15) is 0 Å². The summed E-state index contributed by atoms with van der Waals surface area (Å²) in [6, 6.07) is 0. The molecule has 0 bridgehead atoms. The molecule has 0 radical (unpaired) electrons. The Morgan fingerprint density at radius 3 is 1.50 bits per heavy atom. The first kappa shape index (κ1) is 9.20. The average Bonchev–Trinajstić information content (AvgIpc) is 1.50. The van der Waals surface area contributed by atoms with Crippen molar-refractivity contribution >= 4 is 12.8 Å². The molecular weight excluding hydrogens is 72.1 g/mol. The largest absolute Gasteiger partial charge is 0.512 e. The van der Waals surface area contributed by atoms with E-state index in [0.29, 0.717) is 0 Å². The van der Waals surface area contributed by atoms with E-state index >= 15 is 0 Å². The predicted octanol–water partition coefficient (Wildman–Crippen LogP) is -0.831. The molecule has 0 aromatic carbocycles. The van der Waals surface area contributed by atoms with Crippen molar-refractivity contribution in [2.75, 3.05) is 0 Å². The molecule has 3 N–H and O–H groups in total. The van der Waals surface area contributed by atoms with E-state index < -0.39 is 0 Å². The highest BCUT2D eigenvalue weighted by atomic mass is 32.1. The van der Waals surface area contributed by atoms with E-state index in [1.54, 1.807) is 0 Å². The van der Waals surface area contributed by atoms with Crippen LogP contribution in [0.5, 0.6) is 0 Å². The zero-order valence-corrected chi connectivity index (χ0v) is 3.00. The Balaban J connectivity index is 0. The summed E-state index contributed by atoms with van der Waals surface area (Å²) in [5, 5.41) is 9.19. The van der Waals surface area contributed by atoms with Gasteiger partial charge in [0.25, 0.3) is 0 Å². The molecule has 3 heteroatoms. The molecule has 0 saturated carbocycles. The Morgan fingerprint density at radius 1 is 1.50 bits per heavy atom. The van der Waals surface area contributed by atoms with Crippen LogP contribution in [0.1, 0.15) is 0 Å². The van der Waals surface area contributed by atoms with Crippen LogP contribution in [0.3, 0.4) is 0 Å². The van der Waals surface area contributed by atoms with E-state index in [4.69, 9.17) is 11.8 Å². The maximum atomic E-state index is 6.25. The van der Waals surface area contributed by atoms with Gasteiger partial charge in [-0.2, -0.15) is 0 Å². The first-order chi connectivity index (χ1) is 2.00. The van der Waals surface area contributed by atoms with Crippen molar-refractivity contribution in [3.8, 4) is 0 Å². The van der Waals surface area contributed by atoms with Gasteiger partial charge in [-0.15, -0.1) is 0 Å². The highest BCUT2D eigenvalue weighted by molar-refractivity contribution is 7.72. The van der Waals surface area contributed by atoms with E-state index in [9.17, 15) is 0 Å². The van der Waals surface area contributed by atoms with Gasteiger partial charge in [0.15, 0.2) is 0 Å². The van der Waals surface area contributed by atoms with E-state index in [-0.39, 0.29) is 0 Å². The molecule has 0 aliphatic heterocycles. The van der Waals surface area contributed by atoms with Gasteiger partial charge in [-0.25, -0.2) is 0 Å². The van der Waals surface area contributed by atoms with Gasteiger partial charge in [0.05, 0.1) is 12.8 Å². The van der Waals surface area contributed by atoms with Gasteiger partial charge in [-0.05, 0) is 0 Å². The lowest BCUT2D eigenvalue weighted by atomic mass is 11.9. The van der Waals surface area contributed by atoms with Gasteiger partial charge in [0, 0.05) is 0 Å². The molecule has 24 valence electrons. The summed E-state index contributed by atoms with van der Waals surface area (Å²) < 4.78 is 0. The molecular formula is CH4N2S. The van der Waals surface area contributed by atoms with Crippen LogP contribution in [0.15, 0.2) is 0 Å². The van der Waals surface area contributed by atoms with Crippen LogP contribution in [0.25, 0.3) is 0 Å². The highest BCUT2D eigenvalue weighted by Gasteiger charge is 0.892. The van der Waals surface area contributed by atoms with Gasteiger partial charge < -0.3 is 11.8 Å². The molecule has 0 aliphatic carbocycles. The molecule has 0 atom stereocenters. The molecule has 0 heterocycles. The van der Waals surface area contributed by atoms with Gasteiger partial charge in [-0.3, -0.25) is 5.14 Å². The number of thiol groups is 1. The van der Waals surface area contributed by atoms with Crippen LogP contribution in [-0.2, 0) is 0 Å². The summed E-state index contributed by atoms with van der Waals surface area (Å²) in [5.41, 5.74) is 0. The van der Waals surface area contributed by atoms with Crippen LogP contribution in [0, 0.1) is 11.8 Å². The lowest BCUT2D eigenvalue weighted by molar-refractivity contribution is -0.130. The third-order valence-electron chi connectivity index (χ3n) is 0. The fourth-order valence-corrected chi connectivity index (χ4v) is 0. The summed E-state index contributed by atoms with van der Waals surface area (Å²) in [4.78, 5) is 0. The summed E-state index contributed by atoms with van der Waals surface area (Å²) in [6.07, 6.45) is 0.